The maximum absolute atomic E-state index is 12.8. The lowest BCUT2D eigenvalue weighted by Crippen LogP contribution is -2.23. The van der Waals surface area contributed by atoms with Gasteiger partial charge in [-0.05, 0) is 35.4 Å². The van der Waals surface area contributed by atoms with E-state index < -0.39 is 6.11 Å². The summed E-state index contributed by atoms with van der Waals surface area (Å²) in [5.41, 5.74) is 2.04. The Balaban J connectivity index is 1.74. The van der Waals surface area contributed by atoms with Gasteiger partial charge in [-0.2, -0.15) is 8.78 Å². The summed E-state index contributed by atoms with van der Waals surface area (Å²) in [7, 11) is 0. The monoisotopic (exact) mass is 371 g/mol. The van der Waals surface area contributed by atoms with E-state index in [2.05, 4.69) is 4.74 Å². The molecule has 0 fully saturated rings. The molecule has 0 N–H and O–H groups in total. The van der Waals surface area contributed by atoms with Crippen molar-refractivity contribution in [2.45, 2.75) is 26.1 Å². The fourth-order valence-electron chi connectivity index (χ4n) is 2.64. The molecule has 3 nitrogen and oxygen atoms in total. The topological polar surface area (TPSA) is 29.5 Å². The van der Waals surface area contributed by atoms with Crippen LogP contribution in [0.25, 0.3) is 0 Å². The van der Waals surface area contributed by atoms with Crippen LogP contribution in [0.4, 0.5) is 8.78 Å². The summed E-state index contributed by atoms with van der Waals surface area (Å²) >= 11 is 12.1. The maximum atomic E-state index is 12.8. The molecule has 2 aromatic rings. The fraction of sp³-hybridized carbons (Fsp3) is 0.235. The van der Waals surface area contributed by atoms with E-state index in [0.717, 1.165) is 11.1 Å². The third-order valence-electron chi connectivity index (χ3n) is 3.59. The van der Waals surface area contributed by atoms with Crippen LogP contribution < -0.4 is 4.74 Å². The van der Waals surface area contributed by atoms with Crippen molar-refractivity contribution in [1.82, 2.24) is 4.90 Å². The summed E-state index contributed by atoms with van der Waals surface area (Å²) in [6.07, 6.45) is -3.23. The van der Waals surface area contributed by atoms with Gasteiger partial charge < -0.3 is 9.64 Å². The second kappa shape index (κ2) is 6.22. The van der Waals surface area contributed by atoms with E-state index in [1.807, 2.05) is 0 Å². The minimum absolute atomic E-state index is 0.0668. The lowest BCUT2D eigenvalue weighted by atomic mass is 10.1. The first-order valence-corrected chi connectivity index (χ1v) is 7.91. The standard InChI is InChI=1S/C17H13Cl2F2NO2/c1-17(20,21)24-13-4-2-10(3-5-13)8-22-9-11-6-12(18)7-14(19)15(11)16(22)23/h2-7H,8-9H2,1H3. The summed E-state index contributed by atoms with van der Waals surface area (Å²) in [6.45, 7) is 1.42. The number of nitrogens with zero attached hydrogens (tertiary/aromatic N) is 1. The van der Waals surface area contributed by atoms with Crippen LogP contribution in [0.2, 0.25) is 10.0 Å². The van der Waals surface area contributed by atoms with Crippen LogP contribution in [0.1, 0.15) is 28.4 Å². The summed E-state index contributed by atoms with van der Waals surface area (Å²) in [5, 5.41) is 0.814. The highest BCUT2D eigenvalue weighted by Crippen LogP contribution is 2.33. The molecule has 0 saturated carbocycles. The number of amides is 1. The number of fused-ring (bicyclic) bond motifs is 1. The van der Waals surface area contributed by atoms with Gasteiger partial charge in [0.2, 0.25) is 0 Å². The largest absolute Gasteiger partial charge is 0.433 e. The number of carbonyl (C=O) groups is 1. The third kappa shape index (κ3) is 3.62. The number of benzene rings is 2. The Hall–Kier alpha value is -1.85. The van der Waals surface area contributed by atoms with E-state index in [1.54, 1.807) is 29.2 Å². The molecule has 126 valence electrons. The van der Waals surface area contributed by atoms with Crippen LogP contribution in [0, 0.1) is 0 Å². The Morgan fingerprint density at radius 3 is 2.50 bits per heavy atom. The molecule has 0 bridgehead atoms. The summed E-state index contributed by atoms with van der Waals surface area (Å²) < 4.78 is 30.1. The minimum atomic E-state index is -3.23. The Morgan fingerprint density at radius 1 is 1.21 bits per heavy atom. The number of carbonyl (C=O) groups excluding carboxylic acids is 1. The highest BCUT2D eigenvalue weighted by atomic mass is 35.5. The molecule has 0 spiro atoms. The molecule has 2 aromatic carbocycles. The van der Waals surface area contributed by atoms with Crippen LogP contribution in [0.3, 0.4) is 0 Å². The molecule has 0 atom stereocenters. The average molecular weight is 372 g/mol. The normalized spacial score (nSPS) is 14.0. The molecule has 0 aromatic heterocycles. The molecule has 0 aliphatic carbocycles. The number of hydrogen-bond donors (Lipinski definition) is 0. The third-order valence-corrected chi connectivity index (χ3v) is 4.11. The SMILES string of the molecule is CC(F)(F)Oc1ccc(CN2Cc3cc(Cl)cc(Cl)c3C2=O)cc1. The van der Waals surface area contributed by atoms with Crippen molar-refractivity contribution in [3.8, 4) is 5.75 Å². The van der Waals surface area contributed by atoms with Crippen molar-refractivity contribution < 1.29 is 18.3 Å². The van der Waals surface area contributed by atoms with Crippen molar-refractivity contribution in [3.05, 3.63) is 63.1 Å². The highest BCUT2D eigenvalue weighted by Gasteiger charge is 2.30. The first-order chi connectivity index (χ1) is 11.2. The number of halogens is 4. The predicted octanol–water partition coefficient (Wildman–Crippen LogP) is 5.14. The van der Waals surface area contributed by atoms with E-state index in [-0.39, 0.29) is 11.7 Å². The predicted molar refractivity (Wildman–Crippen MR) is 87.7 cm³/mol. The Labute approximate surface area is 147 Å². The smallest absolute Gasteiger partial charge is 0.394 e. The van der Waals surface area contributed by atoms with Gasteiger partial charge in [0.15, 0.2) is 0 Å². The van der Waals surface area contributed by atoms with Gasteiger partial charge in [0, 0.05) is 25.0 Å². The molecular weight excluding hydrogens is 359 g/mol. The summed E-state index contributed by atoms with van der Waals surface area (Å²) in [6, 6.07) is 9.45. The fourth-order valence-corrected chi connectivity index (χ4v) is 3.26. The molecular formula is C17H13Cl2F2NO2. The maximum Gasteiger partial charge on any atom is 0.394 e. The van der Waals surface area contributed by atoms with E-state index in [1.165, 1.54) is 12.1 Å². The van der Waals surface area contributed by atoms with Crippen LogP contribution in [-0.2, 0) is 13.1 Å². The van der Waals surface area contributed by atoms with E-state index in [9.17, 15) is 13.6 Å². The van der Waals surface area contributed by atoms with Crippen molar-refractivity contribution in [3.63, 3.8) is 0 Å². The molecule has 0 saturated heterocycles. The van der Waals surface area contributed by atoms with E-state index >= 15 is 0 Å². The second-order valence-electron chi connectivity index (χ2n) is 5.64. The molecule has 3 rings (SSSR count). The first-order valence-electron chi connectivity index (χ1n) is 7.16. The number of hydrogen-bond acceptors (Lipinski definition) is 2. The van der Waals surface area contributed by atoms with Gasteiger partial charge in [-0.15, -0.1) is 0 Å². The number of rotatable bonds is 4. The molecule has 1 heterocycles. The van der Waals surface area contributed by atoms with Crippen molar-refractivity contribution in [1.29, 1.82) is 0 Å². The van der Waals surface area contributed by atoms with Gasteiger partial charge in [0.25, 0.3) is 5.91 Å². The van der Waals surface area contributed by atoms with Gasteiger partial charge >= 0.3 is 6.11 Å². The van der Waals surface area contributed by atoms with Crippen LogP contribution in [0.5, 0.6) is 5.75 Å². The lowest BCUT2D eigenvalue weighted by Gasteiger charge is -2.17. The molecule has 24 heavy (non-hydrogen) atoms. The van der Waals surface area contributed by atoms with E-state index in [0.29, 0.717) is 35.6 Å². The van der Waals surface area contributed by atoms with Crippen molar-refractivity contribution >= 4 is 29.1 Å². The van der Waals surface area contributed by atoms with Gasteiger partial charge in [0.1, 0.15) is 5.75 Å². The molecule has 1 aliphatic rings. The lowest BCUT2D eigenvalue weighted by molar-refractivity contribution is -0.158. The van der Waals surface area contributed by atoms with Gasteiger partial charge in [-0.1, -0.05) is 35.3 Å². The number of ether oxygens (including phenoxy) is 1. The Kier molecular flexibility index (Phi) is 4.40. The zero-order valence-corrected chi connectivity index (χ0v) is 14.2. The molecule has 0 radical (unpaired) electrons. The molecule has 7 heteroatoms. The number of alkyl halides is 2. The van der Waals surface area contributed by atoms with Gasteiger partial charge in [-0.25, -0.2) is 0 Å². The molecule has 0 unspecified atom stereocenters. The van der Waals surface area contributed by atoms with Gasteiger partial charge in [0.05, 0.1) is 10.6 Å². The zero-order chi connectivity index (χ0) is 17.5. The van der Waals surface area contributed by atoms with Crippen LogP contribution >= 0.6 is 23.2 Å². The summed E-state index contributed by atoms with van der Waals surface area (Å²) in [5.74, 6) is -0.107. The van der Waals surface area contributed by atoms with Crippen molar-refractivity contribution in [2.24, 2.45) is 0 Å². The average Bonchev–Trinajstić information content (AvgIpc) is 2.76. The highest BCUT2D eigenvalue weighted by molar-refractivity contribution is 6.37. The Morgan fingerprint density at radius 2 is 1.88 bits per heavy atom. The quantitative estimate of drug-likeness (QED) is 0.744. The van der Waals surface area contributed by atoms with Crippen LogP contribution in [-0.4, -0.2) is 16.9 Å². The second-order valence-corrected chi connectivity index (χ2v) is 6.48. The van der Waals surface area contributed by atoms with Gasteiger partial charge in [-0.3, -0.25) is 4.79 Å². The van der Waals surface area contributed by atoms with Crippen LogP contribution in [0.15, 0.2) is 36.4 Å². The Bertz CT molecular complexity index is 788. The first kappa shape index (κ1) is 17.0. The molecule has 1 amide bonds. The summed E-state index contributed by atoms with van der Waals surface area (Å²) in [4.78, 5) is 14.1. The molecule has 1 aliphatic heterocycles. The van der Waals surface area contributed by atoms with Crippen molar-refractivity contribution in [2.75, 3.05) is 0 Å². The zero-order valence-electron chi connectivity index (χ0n) is 12.7. The van der Waals surface area contributed by atoms with E-state index in [4.69, 9.17) is 23.2 Å². The minimum Gasteiger partial charge on any atom is -0.433 e.